The zero-order valence-corrected chi connectivity index (χ0v) is 10.1. The molecule has 84 valence electrons. The lowest BCUT2D eigenvalue weighted by atomic mass is 10.0. The maximum absolute atomic E-state index is 4.10. The Hall–Kier alpha value is -1.64. The van der Waals surface area contributed by atoms with Crippen LogP contribution in [0.1, 0.15) is 22.4 Å². The summed E-state index contributed by atoms with van der Waals surface area (Å²) in [6.07, 6.45) is 3.97. The maximum atomic E-state index is 4.10. The quantitative estimate of drug-likeness (QED) is 0.786. The molecule has 3 nitrogen and oxygen atoms in total. The Morgan fingerprint density at radius 1 is 1.19 bits per heavy atom. The van der Waals surface area contributed by atoms with E-state index in [1.165, 1.54) is 16.7 Å². The molecule has 3 heteroatoms. The summed E-state index contributed by atoms with van der Waals surface area (Å²) < 4.78 is 1.75. The zero-order chi connectivity index (χ0) is 11.5. The smallest absolute Gasteiger partial charge is 0.0830 e. The van der Waals surface area contributed by atoms with E-state index in [9.17, 15) is 0 Å². The summed E-state index contributed by atoms with van der Waals surface area (Å²) in [6.45, 7) is 4.29. The molecule has 0 unspecified atom stereocenters. The van der Waals surface area contributed by atoms with Crippen molar-refractivity contribution in [2.75, 3.05) is 0 Å². The highest BCUT2D eigenvalue weighted by Crippen LogP contribution is 2.13. The van der Waals surface area contributed by atoms with Crippen molar-refractivity contribution in [1.82, 2.24) is 15.0 Å². The Balaban J connectivity index is 2.07. The van der Waals surface area contributed by atoms with Crippen LogP contribution in [-0.4, -0.2) is 15.0 Å². The molecule has 0 radical (unpaired) electrons. The second-order valence-electron chi connectivity index (χ2n) is 4.31. The van der Waals surface area contributed by atoms with E-state index in [0.29, 0.717) is 0 Å². The minimum atomic E-state index is 0.956. The van der Waals surface area contributed by atoms with Crippen LogP contribution >= 0.6 is 0 Å². The first-order valence-electron chi connectivity index (χ1n) is 5.56. The van der Waals surface area contributed by atoms with Gasteiger partial charge in [0, 0.05) is 13.2 Å². The maximum Gasteiger partial charge on any atom is 0.0830 e. The van der Waals surface area contributed by atoms with Crippen LogP contribution in [0, 0.1) is 13.8 Å². The predicted molar refractivity (Wildman–Crippen MR) is 64.3 cm³/mol. The molecule has 1 aromatic carbocycles. The van der Waals surface area contributed by atoms with E-state index in [2.05, 4.69) is 42.4 Å². The molecule has 0 bridgehead atoms. The van der Waals surface area contributed by atoms with Crippen LogP contribution in [0.25, 0.3) is 0 Å². The average molecular weight is 215 g/mol. The SMILES string of the molecule is Cc1ccc(C)c(CCc2cn(C)nn2)c1. The van der Waals surface area contributed by atoms with Crippen molar-refractivity contribution >= 4 is 0 Å². The Morgan fingerprint density at radius 3 is 2.69 bits per heavy atom. The van der Waals surface area contributed by atoms with Gasteiger partial charge in [0.15, 0.2) is 0 Å². The topological polar surface area (TPSA) is 30.7 Å². The van der Waals surface area contributed by atoms with Gasteiger partial charge in [-0.3, -0.25) is 4.68 Å². The Kier molecular flexibility index (Phi) is 3.04. The van der Waals surface area contributed by atoms with Crippen LogP contribution in [0.3, 0.4) is 0 Å². The van der Waals surface area contributed by atoms with E-state index in [4.69, 9.17) is 0 Å². The molecule has 0 aliphatic rings. The predicted octanol–water partition coefficient (Wildman–Crippen LogP) is 2.22. The van der Waals surface area contributed by atoms with Crippen molar-refractivity contribution in [3.05, 3.63) is 46.8 Å². The van der Waals surface area contributed by atoms with Gasteiger partial charge in [-0.25, -0.2) is 0 Å². The van der Waals surface area contributed by atoms with Gasteiger partial charge in [0.05, 0.1) is 5.69 Å². The van der Waals surface area contributed by atoms with Gasteiger partial charge in [0.25, 0.3) is 0 Å². The van der Waals surface area contributed by atoms with Crippen LogP contribution in [0.15, 0.2) is 24.4 Å². The summed E-state index contributed by atoms with van der Waals surface area (Å²) in [5.41, 5.74) is 5.14. The number of hydrogen-bond acceptors (Lipinski definition) is 2. The van der Waals surface area contributed by atoms with Gasteiger partial charge in [-0.1, -0.05) is 29.0 Å². The highest BCUT2D eigenvalue weighted by atomic mass is 15.4. The van der Waals surface area contributed by atoms with E-state index in [-0.39, 0.29) is 0 Å². The summed E-state index contributed by atoms with van der Waals surface area (Å²) in [5, 5.41) is 8.03. The van der Waals surface area contributed by atoms with E-state index in [0.717, 1.165) is 18.5 Å². The molecule has 0 saturated carbocycles. The molecular weight excluding hydrogens is 198 g/mol. The lowest BCUT2D eigenvalue weighted by Crippen LogP contribution is -1.95. The number of hydrogen-bond donors (Lipinski definition) is 0. The van der Waals surface area contributed by atoms with Gasteiger partial charge in [-0.05, 0) is 37.8 Å². The van der Waals surface area contributed by atoms with Gasteiger partial charge < -0.3 is 0 Å². The first kappa shape index (κ1) is 10.9. The van der Waals surface area contributed by atoms with Crippen LogP contribution < -0.4 is 0 Å². The minimum absolute atomic E-state index is 0.956. The van der Waals surface area contributed by atoms with Crippen molar-refractivity contribution in [3.8, 4) is 0 Å². The number of nitrogens with zero attached hydrogens (tertiary/aromatic N) is 3. The third-order valence-electron chi connectivity index (χ3n) is 2.81. The molecule has 0 amide bonds. The van der Waals surface area contributed by atoms with E-state index in [1.54, 1.807) is 4.68 Å². The van der Waals surface area contributed by atoms with E-state index >= 15 is 0 Å². The molecule has 0 spiro atoms. The summed E-state index contributed by atoms with van der Waals surface area (Å²) in [6, 6.07) is 6.59. The normalized spacial score (nSPS) is 10.7. The number of aryl methyl sites for hydroxylation is 5. The molecule has 0 fully saturated rings. The lowest BCUT2D eigenvalue weighted by molar-refractivity contribution is 0.712. The molecule has 0 aliphatic heterocycles. The van der Waals surface area contributed by atoms with Gasteiger partial charge in [-0.15, -0.1) is 5.10 Å². The second kappa shape index (κ2) is 4.47. The number of benzene rings is 1. The average Bonchev–Trinajstić information content (AvgIpc) is 2.66. The molecule has 1 heterocycles. The summed E-state index contributed by atoms with van der Waals surface area (Å²) in [4.78, 5) is 0. The number of rotatable bonds is 3. The first-order valence-corrected chi connectivity index (χ1v) is 5.56. The molecule has 16 heavy (non-hydrogen) atoms. The Morgan fingerprint density at radius 2 is 2.00 bits per heavy atom. The Labute approximate surface area is 96.1 Å². The van der Waals surface area contributed by atoms with Gasteiger partial charge in [0.1, 0.15) is 0 Å². The van der Waals surface area contributed by atoms with Crippen LogP contribution in [0.4, 0.5) is 0 Å². The number of aromatic nitrogens is 3. The third-order valence-corrected chi connectivity index (χ3v) is 2.81. The van der Waals surface area contributed by atoms with E-state index < -0.39 is 0 Å². The fourth-order valence-corrected chi connectivity index (χ4v) is 1.84. The van der Waals surface area contributed by atoms with Crippen molar-refractivity contribution < 1.29 is 0 Å². The molecule has 0 aliphatic carbocycles. The summed E-state index contributed by atoms with van der Waals surface area (Å²) >= 11 is 0. The second-order valence-corrected chi connectivity index (χ2v) is 4.31. The molecule has 0 N–H and O–H groups in total. The Bertz CT molecular complexity index is 486. The summed E-state index contributed by atoms with van der Waals surface area (Å²) in [5.74, 6) is 0. The van der Waals surface area contributed by atoms with Crippen molar-refractivity contribution in [2.24, 2.45) is 7.05 Å². The molecular formula is C13H17N3. The highest BCUT2D eigenvalue weighted by Gasteiger charge is 2.02. The van der Waals surface area contributed by atoms with Crippen LogP contribution in [0.5, 0.6) is 0 Å². The lowest BCUT2D eigenvalue weighted by Gasteiger charge is -2.05. The van der Waals surface area contributed by atoms with Gasteiger partial charge >= 0.3 is 0 Å². The fourth-order valence-electron chi connectivity index (χ4n) is 1.84. The van der Waals surface area contributed by atoms with Crippen LogP contribution in [-0.2, 0) is 19.9 Å². The molecule has 0 saturated heterocycles. The highest BCUT2D eigenvalue weighted by molar-refractivity contribution is 5.30. The zero-order valence-electron chi connectivity index (χ0n) is 10.1. The first-order chi connectivity index (χ1) is 7.65. The van der Waals surface area contributed by atoms with Crippen molar-refractivity contribution in [2.45, 2.75) is 26.7 Å². The van der Waals surface area contributed by atoms with E-state index in [1.807, 2.05) is 13.2 Å². The minimum Gasteiger partial charge on any atom is -0.255 e. The van der Waals surface area contributed by atoms with Crippen LogP contribution in [0.2, 0.25) is 0 Å². The molecule has 2 rings (SSSR count). The standard InChI is InChI=1S/C13H17N3/c1-10-4-5-11(2)12(8-10)6-7-13-9-16(3)15-14-13/h4-5,8-9H,6-7H2,1-3H3. The fraction of sp³-hybridized carbons (Fsp3) is 0.385. The van der Waals surface area contributed by atoms with Crippen molar-refractivity contribution in [3.63, 3.8) is 0 Å². The monoisotopic (exact) mass is 215 g/mol. The van der Waals surface area contributed by atoms with Crippen molar-refractivity contribution in [1.29, 1.82) is 0 Å². The summed E-state index contributed by atoms with van der Waals surface area (Å²) in [7, 11) is 1.90. The largest absolute Gasteiger partial charge is 0.255 e. The van der Waals surface area contributed by atoms with Gasteiger partial charge in [-0.2, -0.15) is 0 Å². The van der Waals surface area contributed by atoms with Gasteiger partial charge in [0.2, 0.25) is 0 Å². The third kappa shape index (κ3) is 2.48. The molecule has 1 aromatic heterocycles. The molecule has 0 atom stereocenters. The molecule has 2 aromatic rings.